The zero-order valence-corrected chi connectivity index (χ0v) is 18.5. The van der Waals surface area contributed by atoms with Gasteiger partial charge in [-0.3, -0.25) is 0 Å². The molecule has 2 rings (SSSR count). The van der Waals surface area contributed by atoms with E-state index in [0.29, 0.717) is 23.6 Å². The predicted molar refractivity (Wildman–Crippen MR) is 120 cm³/mol. The number of halogens is 2. The average molecular weight is 424 g/mol. The summed E-state index contributed by atoms with van der Waals surface area (Å²) in [5.41, 5.74) is 2.62. The van der Waals surface area contributed by atoms with E-state index >= 15 is 0 Å². The lowest BCUT2D eigenvalue weighted by Crippen LogP contribution is -2.34. The van der Waals surface area contributed by atoms with Crippen LogP contribution in [0.15, 0.2) is 48.5 Å². The Morgan fingerprint density at radius 1 is 0.750 bits per heavy atom. The third kappa shape index (κ3) is 6.30. The summed E-state index contributed by atoms with van der Waals surface area (Å²) in [5.74, 6) is 3.67. The fraction of sp³-hybridized carbons (Fsp3) is 0.478. The van der Waals surface area contributed by atoms with Gasteiger partial charge in [0.2, 0.25) is 0 Å². The van der Waals surface area contributed by atoms with Crippen molar-refractivity contribution in [2.75, 3.05) is 45.6 Å². The van der Waals surface area contributed by atoms with Gasteiger partial charge >= 0.3 is 0 Å². The lowest BCUT2D eigenvalue weighted by atomic mass is 9.79. The van der Waals surface area contributed by atoms with E-state index in [2.05, 4.69) is 36.1 Å². The van der Waals surface area contributed by atoms with Crippen molar-refractivity contribution in [1.82, 2.24) is 4.90 Å². The summed E-state index contributed by atoms with van der Waals surface area (Å²) in [6.45, 7) is 4.83. The molecule has 28 heavy (non-hydrogen) atoms. The second-order valence-corrected chi connectivity index (χ2v) is 7.60. The van der Waals surface area contributed by atoms with Crippen molar-refractivity contribution in [2.45, 2.75) is 25.2 Å². The van der Waals surface area contributed by atoms with Crippen LogP contribution >= 0.6 is 23.2 Å². The van der Waals surface area contributed by atoms with Crippen LogP contribution in [0.3, 0.4) is 0 Å². The molecule has 0 aliphatic heterocycles. The minimum absolute atomic E-state index is 0.329. The van der Waals surface area contributed by atoms with Gasteiger partial charge in [0.15, 0.2) is 0 Å². The maximum atomic E-state index is 6.05. The Labute approximate surface area is 179 Å². The molecule has 0 amide bonds. The van der Waals surface area contributed by atoms with Crippen LogP contribution in [0.5, 0.6) is 11.5 Å². The number of hydrogen-bond donors (Lipinski definition) is 0. The van der Waals surface area contributed by atoms with Crippen LogP contribution in [0.2, 0.25) is 0 Å². The molecule has 5 heteroatoms. The minimum Gasteiger partial charge on any atom is -0.497 e. The highest BCUT2D eigenvalue weighted by Gasteiger charge is 2.26. The van der Waals surface area contributed by atoms with Gasteiger partial charge in [0.05, 0.1) is 14.2 Å². The quantitative estimate of drug-likeness (QED) is 0.405. The maximum absolute atomic E-state index is 6.05. The molecule has 0 heterocycles. The van der Waals surface area contributed by atoms with Crippen LogP contribution in [0, 0.1) is 0 Å². The smallest absolute Gasteiger partial charge is 0.118 e. The monoisotopic (exact) mass is 423 g/mol. The molecule has 0 saturated heterocycles. The first-order valence-electron chi connectivity index (χ1n) is 9.78. The van der Waals surface area contributed by atoms with E-state index < -0.39 is 0 Å². The second kappa shape index (κ2) is 12.2. The van der Waals surface area contributed by atoms with Crippen molar-refractivity contribution in [1.29, 1.82) is 0 Å². The predicted octanol–water partition coefficient (Wildman–Crippen LogP) is 5.76. The Morgan fingerprint density at radius 2 is 1.18 bits per heavy atom. The van der Waals surface area contributed by atoms with Crippen molar-refractivity contribution in [3.63, 3.8) is 0 Å². The fourth-order valence-electron chi connectivity index (χ4n) is 3.73. The van der Waals surface area contributed by atoms with Crippen molar-refractivity contribution < 1.29 is 9.47 Å². The van der Waals surface area contributed by atoms with Crippen molar-refractivity contribution in [2.24, 2.45) is 0 Å². The molecule has 0 unspecified atom stereocenters. The Balaban J connectivity index is 2.37. The maximum Gasteiger partial charge on any atom is 0.118 e. The molecule has 154 valence electrons. The number of hydrogen-bond acceptors (Lipinski definition) is 3. The molecule has 0 spiro atoms. The van der Waals surface area contributed by atoms with E-state index in [-0.39, 0.29) is 0 Å². The molecule has 0 N–H and O–H groups in total. The lowest BCUT2D eigenvalue weighted by molar-refractivity contribution is 0.269. The minimum atomic E-state index is 0.329. The average Bonchev–Trinajstić information content (AvgIpc) is 2.74. The van der Waals surface area contributed by atoms with Gasteiger partial charge in [-0.15, -0.1) is 23.2 Å². The van der Waals surface area contributed by atoms with Gasteiger partial charge in [-0.25, -0.2) is 0 Å². The van der Waals surface area contributed by atoms with E-state index in [4.69, 9.17) is 32.7 Å². The lowest BCUT2D eigenvalue weighted by Gasteiger charge is -2.32. The number of ether oxygens (including phenoxy) is 2. The first kappa shape index (κ1) is 22.9. The summed E-state index contributed by atoms with van der Waals surface area (Å²) < 4.78 is 10.7. The molecule has 3 nitrogen and oxygen atoms in total. The summed E-state index contributed by atoms with van der Waals surface area (Å²) in [4.78, 5) is 2.36. The van der Waals surface area contributed by atoms with Gasteiger partial charge in [0, 0.05) is 37.3 Å². The van der Waals surface area contributed by atoms with Gasteiger partial charge in [0.1, 0.15) is 11.5 Å². The van der Waals surface area contributed by atoms with Crippen LogP contribution in [0.25, 0.3) is 0 Å². The molecule has 0 radical (unpaired) electrons. The summed E-state index contributed by atoms with van der Waals surface area (Å²) in [5, 5.41) is 0. The third-order valence-electron chi connectivity index (χ3n) is 5.27. The molecule has 0 bridgehead atoms. The van der Waals surface area contributed by atoms with Gasteiger partial charge in [0.25, 0.3) is 0 Å². The molecular formula is C23H31Cl2NO2. The molecule has 2 aromatic carbocycles. The van der Waals surface area contributed by atoms with Gasteiger partial charge in [-0.1, -0.05) is 31.2 Å². The number of alkyl halides is 2. The van der Waals surface area contributed by atoms with Crippen molar-refractivity contribution in [3.8, 4) is 11.5 Å². The Kier molecular flexibility index (Phi) is 9.97. The SMILES string of the molecule is CC[C@H](c1ccc(OC)cc1)[C@@H](CN(CCCl)CCCl)c1ccc(OC)cc1. The second-order valence-electron chi connectivity index (χ2n) is 6.85. The highest BCUT2D eigenvalue weighted by molar-refractivity contribution is 6.18. The molecule has 0 aromatic heterocycles. The van der Waals surface area contributed by atoms with Crippen LogP contribution < -0.4 is 9.47 Å². The molecular weight excluding hydrogens is 393 g/mol. The first-order valence-corrected chi connectivity index (χ1v) is 10.9. The number of rotatable bonds is 12. The summed E-state index contributed by atoms with van der Waals surface area (Å²) in [6, 6.07) is 16.9. The van der Waals surface area contributed by atoms with Crippen LogP contribution in [-0.2, 0) is 0 Å². The number of methoxy groups -OCH3 is 2. The highest BCUT2D eigenvalue weighted by atomic mass is 35.5. The topological polar surface area (TPSA) is 21.7 Å². The zero-order valence-electron chi connectivity index (χ0n) is 17.0. The number of benzene rings is 2. The highest BCUT2D eigenvalue weighted by Crippen LogP contribution is 2.37. The van der Waals surface area contributed by atoms with E-state index in [1.54, 1.807) is 14.2 Å². The van der Waals surface area contributed by atoms with Gasteiger partial charge in [-0.2, -0.15) is 0 Å². The normalized spacial score (nSPS) is 13.4. The van der Waals surface area contributed by atoms with Crippen LogP contribution in [0.4, 0.5) is 0 Å². The Hall–Kier alpha value is -1.42. The van der Waals surface area contributed by atoms with Crippen molar-refractivity contribution >= 4 is 23.2 Å². The summed E-state index contributed by atoms with van der Waals surface area (Å²) in [6.07, 6.45) is 1.04. The van der Waals surface area contributed by atoms with Gasteiger partial charge in [-0.05, 0) is 47.7 Å². The first-order chi connectivity index (χ1) is 13.7. The molecule has 0 saturated carbocycles. The fourth-order valence-corrected chi connectivity index (χ4v) is 4.21. The number of nitrogens with zero attached hydrogens (tertiary/aromatic N) is 1. The van der Waals surface area contributed by atoms with E-state index in [9.17, 15) is 0 Å². The molecule has 2 aromatic rings. The summed E-state index contributed by atoms with van der Waals surface area (Å²) >= 11 is 12.1. The molecule has 0 fully saturated rings. The Morgan fingerprint density at radius 3 is 1.54 bits per heavy atom. The molecule has 2 atom stereocenters. The van der Waals surface area contributed by atoms with Crippen LogP contribution in [0.1, 0.15) is 36.3 Å². The zero-order chi connectivity index (χ0) is 20.4. The molecule has 0 aliphatic rings. The van der Waals surface area contributed by atoms with Gasteiger partial charge < -0.3 is 14.4 Å². The van der Waals surface area contributed by atoms with E-state index in [1.807, 2.05) is 24.3 Å². The van der Waals surface area contributed by atoms with Crippen molar-refractivity contribution in [3.05, 3.63) is 59.7 Å². The molecule has 0 aliphatic carbocycles. The largest absolute Gasteiger partial charge is 0.497 e. The Bertz CT molecular complexity index is 670. The summed E-state index contributed by atoms with van der Waals surface area (Å²) in [7, 11) is 3.39. The van der Waals surface area contributed by atoms with Crippen LogP contribution in [-0.4, -0.2) is 50.5 Å². The third-order valence-corrected chi connectivity index (χ3v) is 5.61. The van der Waals surface area contributed by atoms with E-state index in [0.717, 1.165) is 37.6 Å². The standard InChI is InChI=1S/C23H31Cl2NO2/c1-4-22(18-5-9-20(27-2)10-6-18)23(17-26(15-13-24)16-14-25)19-7-11-21(28-3)12-8-19/h5-12,22-23H,4,13-17H2,1-3H3/t22-,23+/m1/s1. The van der Waals surface area contributed by atoms with E-state index in [1.165, 1.54) is 11.1 Å².